The van der Waals surface area contributed by atoms with E-state index in [1.807, 2.05) is 18.2 Å². The van der Waals surface area contributed by atoms with Crippen LogP contribution in [-0.2, 0) is 11.3 Å². The minimum atomic E-state index is -0.297. The van der Waals surface area contributed by atoms with Gasteiger partial charge in [-0.05, 0) is 35.9 Å². The second-order valence-electron chi connectivity index (χ2n) is 6.13. The number of benzene rings is 2. The van der Waals surface area contributed by atoms with E-state index in [-0.39, 0.29) is 17.5 Å². The predicted molar refractivity (Wildman–Crippen MR) is 107 cm³/mol. The molecule has 0 saturated carbocycles. The lowest BCUT2D eigenvalue weighted by Crippen LogP contribution is -2.24. The number of carbonyl (C=O) groups is 1. The SMILES string of the molecule is COc1ccc2[nH]c3c(SCC(=O)NCc4ccc(F)cc4)ncnc3c2c1. The Labute approximate surface area is 164 Å². The summed E-state index contributed by atoms with van der Waals surface area (Å²) in [6.45, 7) is 0.352. The van der Waals surface area contributed by atoms with E-state index >= 15 is 0 Å². The van der Waals surface area contributed by atoms with Crippen LogP contribution >= 0.6 is 11.8 Å². The molecule has 8 heteroatoms. The van der Waals surface area contributed by atoms with Crippen molar-refractivity contribution in [3.05, 3.63) is 60.2 Å². The molecule has 0 radical (unpaired) electrons. The molecule has 4 aromatic rings. The van der Waals surface area contributed by atoms with Gasteiger partial charge in [0.2, 0.25) is 5.91 Å². The van der Waals surface area contributed by atoms with Gasteiger partial charge in [-0.3, -0.25) is 4.79 Å². The van der Waals surface area contributed by atoms with Gasteiger partial charge >= 0.3 is 0 Å². The highest BCUT2D eigenvalue weighted by Gasteiger charge is 2.13. The van der Waals surface area contributed by atoms with Crippen LogP contribution in [0.2, 0.25) is 0 Å². The standard InChI is InChI=1S/C20H17FN4O2S/c1-27-14-6-7-16-15(8-14)18-19(25-16)20(24-11-23-18)28-10-17(26)22-9-12-2-4-13(21)5-3-12/h2-8,11,25H,9-10H2,1H3,(H,22,26). The van der Waals surface area contributed by atoms with Crippen LogP contribution in [0.25, 0.3) is 21.9 Å². The molecule has 142 valence electrons. The second-order valence-corrected chi connectivity index (χ2v) is 7.09. The molecule has 0 bridgehead atoms. The van der Waals surface area contributed by atoms with E-state index in [0.29, 0.717) is 11.6 Å². The van der Waals surface area contributed by atoms with Gasteiger partial charge < -0.3 is 15.0 Å². The number of carbonyl (C=O) groups excluding carboxylic acids is 1. The first-order chi connectivity index (χ1) is 13.6. The first-order valence-electron chi connectivity index (χ1n) is 8.58. The molecule has 0 fully saturated rings. The molecule has 2 N–H and O–H groups in total. The van der Waals surface area contributed by atoms with Gasteiger partial charge in [0.15, 0.2) is 0 Å². The summed E-state index contributed by atoms with van der Waals surface area (Å²) in [7, 11) is 1.62. The summed E-state index contributed by atoms with van der Waals surface area (Å²) >= 11 is 1.34. The number of amides is 1. The van der Waals surface area contributed by atoms with E-state index < -0.39 is 0 Å². The minimum absolute atomic E-state index is 0.126. The molecular formula is C20H17FN4O2S. The van der Waals surface area contributed by atoms with E-state index in [9.17, 15) is 9.18 Å². The van der Waals surface area contributed by atoms with Gasteiger partial charge in [-0.25, -0.2) is 14.4 Å². The smallest absolute Gasteiger partial charge is 0.230 e. The zero-order valence-electron chi connectivity index (χ0n) is 15.0. The molecule has 4 rings (SSSR count). The zero-order valence-corrected chi connectivity index (χ0v) is 15.8. The monoisotopic (exact) mass is 396 g/mol. The summed E-state index contributed by atoms with van der Waals surface area (Å²) in [5.74, 6) is 0.543. The van der Waals surface area contributed by atoms with Crippen LogP contribution in [0.5, 0.6) is 5.75 Å². The van der Waals surface area contributed by atoms with Gasteiger partial charge in [0.1, 0.15) is 28.4 Å². The third-order valence-corrected chi connectivity index (χ3v) is 5.29. The number of hydrogen-bond acceptors (Lipinski definition) is 5. The summed E-state index contributed by atoms with van der Waals surface area (Å²) < 4.78 is 18.2. The molecule has 0 unspecified atom stereocenters. The Kier molecular flexibility index (Phi) is 5.12. The molecule has 0 atom stereocenters. The lowest BCUT2D eigenvalue weighted by Gasteiger charge is -2.05. The molecule has 2 heterocycles. The molecule has 0 aliphatic rings. The van der Waals surface area contributed by atoms with Gasteiger partial charge in [-0.1, -0.05) is 23.9 Å². The lowest BCUT2D eigenvalue weighted by atomic mass is 10.2. The molecule has 2 aromatic carbocycles. The summed E-state index contributed by atoms with van der Waals surface area (Å²) in [4.78, 5) is 24.2. The van der Waals surface area contributed by atoms with Crippen molar-refractivity contribution in [2.45, 2.75) is 11.6 Å². The summed E-state index contributed by atoms with van der Waals surface area (Å²) in [5, 5.41) is 4.48. The van der Waals surface area contributed by atoms with Crippen LogP contribution in [-0.4, -0.2) is 33.7 Å². The van der Waals surface area contributed by atoms with Crippen molar-refractivity contribution in [3.63, 3.8) is 0 Å². The number of halogens is 1. The number of thioether (sulfide) groups is 1. The van der Waals surface area contributed by atoms with Crippen molar-refractivity contribution < 1.29 is 13.9 Å². The number of ether oxygens (including phenoxy) is 1. The number of aromatic nitrogens is 3. The van der Waals surface area contributed by atoms with Crippen LogP contribution < -0.4 is 10.1 Å². The van der Waals surface area contributed by atoms with Crippen LogP contribution in [0.4, 0.5) is 4.39 Å². The van der Waals surface area contributed by atoms with Gasteiger partial charge in [-0.2, -0.15) is 0 Å². The highest BCUT2D eigenvalue weighted by atomic mass is 32.2. The summed E-state index contributed by atoms with van der Waals surface area (Å²) in [5.41, 5.74) is 3.35. The van der Waals surface area contributed by atoms with E-state index in [1.54, 1.807) is 19.2 Å². The van der Waals surface area contributed by atoms with E-state index in [1.165, 1.54) is 30.2 Å². The minimum Gasteiger partial charge on any atom is -0.497 e. The first-order valence-corrected chi connectivity index (χ1v) is 9.57. The Bertz CT molecular complexity index is 1140. The lowest BCUT2D eigenvalue weighted by molar-refractivity contribution is -0.118. The van der Waals surface area contributed by atoms with Crippen LogP contribution in [0.15, 0.2) is 53.8 Å². The molecule has 2 aromatic heterocycles. The van der Waals surface area contributed by atoms with Gasteiger partial charge in [-0.15, -0.1) is 0 Å². The Hall–Kier alpha value is -3.13. The quantitative estimate of drug-likeness (QED) is 0.384. The molecule has 28 heavy (non-hydrogen) atoms. The molecular weight excluding hydrogens is 379 g/mol. The normalized spacial score (nSPS) is 11.1. The Morgan fingerprint density at radius 2 is 2.04 bits per heavy atom. The third kappa shape index (κ3) is 3.77. The molecule has 0 saturated heterocycles. The number of nitrogens with zero attached hydrogens (tertiary/aromatic N) is 2. The number of hydrogen-bond donors (Lipinski definition) is 2. The second kappa shape index (κ2) is 7.85. The van der Waals surface area contributed by atoms with Crippen LogP contribution in [0.1, 0.15) is 5.56 Å². The predicted octanol–water partition coefficient (Wildman–Crippen LogP) is 3.67. The number of aromatic amines is 1. The van der Waals surface area contributed by atoms with E-state index in [0.717, 1.165) is 33.2 Å². The molecule has 0 aliphatic heterocycles. The summed E-state index contributed by atoms with van der Waals surface area (Å²) in [6, 6.07) is 11.8. The molecule has 6 nitrogen and oxygen atoms in total. The average Bonchev–Trinajstić information content (AvgIpc) is 3.10. The number of methoxy groups -OCH3 is 1. The van der Waals surface area contributed by atoms with Crippen molar-refractivity contribution >= 4 is 39.6 Å². The van der Waals surface area contributed by atoms with Crippen molar-refractivity contribution in [1.82, 2.24) is 20.3 Å². The van der Waals surface area contributed by atoms with E-state index in [2.05, 4.69) is 20.3 Å². The average molecular weight is 396 g/mol. The van der Waals surface area contributed by atoms with Crippen molar-refractivity contribution in [1.29, 1.82) is 0 Å². The van der Waals surface area contributed by atoms with Crippen LogP contribution in [0.3, 0.4) is 0 Å². The number of nitrogens with one attached hydrogen (secondary N) is 2. The molecule has 0 aliphatic carbocycles. The van der Waals surface area contributed by atoms with Gasteiger partial charge in [0.25, 0.3) is 0 Å². The fraction of sp³-hybridized carbons (Fsp3) is 0.150. The van der Waals surface area contributed by atoms with Gasteiger partial charge in [0, 0.05) is 17.4 Å². The van der Waals surface area contributed by atoms with Crippen molar-refractivity contribution in [2.24, 2.45) is 0 Å². The topological polar surface area (TPSA) is 79.9 Å². The van der Waals surface area contributed by atoms with Crippen molar-refractivity contribution in [3.8, 4) is 5.75 Å². The number of fused-ring (bicyclic) bond motifs is 3. The number of H-pyrrole nitrogens is 1. The Morgan fingerprint density at radius 3 is 2.82 bits per heavy atom. The van der Waals surface area contributed by atoms with E-state index in [4.69, 9.17) is 4.74 Å². The summed E-state index contributed by atoms with van der Waals surface area (Å²) in [6.07, 6.45) is 1.49. The van der Waals surface area contributed by atoms with Crippen LogP contribution in [0, 0.1) is 5.82 Å². The molecule has 1 amide bonds. The largest absolute Gasteiger partial charge is 0.497 e. The van der Waals surface area contributed by atoms with Crippen molar-refractivity contribution in [2.75, 3.05) is 12.9 Å². The first kappa shape index (κ1) is 18.2. The maximum atomic E-state index is 12.9. The fourth-order valence-corrected chi connectivity index (χ4v) is 3.66. The highest BCUT2D eigenvalue weighted by molar-refractivity contribution is 8.00. The highest BCUT2D eigenvalue weighted by Crippen LogP contribution is 2.31. The maximum Gasteiger partial charge on any atom is 0.230 e. The Balaban J connectivity index is 1.47. The zero-order chi connectivity index (χ0) is 19.5. The third-order valence-electron chi connectivity index (χ3n) is 4.30. The Morgan fingerprint density at radius 1 is 1.21 bits per heavy atom. The molecule has 0 spiro atoms. The number of rotatable bonds is 6. The fourth-order valence-electron chi connectivity index (χ4n) is 2.87. The van der Waals surface area contributed by atoms with Gasteiger partial charge in [0.05, 0.1) is 18.4 Å². The maximum absolute atomic E-state index is 12.9.